The number of esters is 3. The van der Waals surface area contributed by atoms with Gasteiger partial charge < -0.3 is 14.2 Å². The minimum absolute atomic E-state index is 0.0424. The van der Waals surface area contributed by atoms with Gasteiger partial charge >= 0.3 is 17.9 Å². The van der Waals surface area contributed by atoms with Gasteiger partial charge in [-0.05, 0) is 19.3 Å². The lowest BCUT2D eigenvalue weighted by Gasteiger charge is -2.35. The summed E-state index contributed by atoms with van der Waals surface area (Å²) in [6.07, 6.45) is 1.17. The van der Waals surface area contributed by atoms with Crippen molar-refractivity contribution in [1.29, 1.82) is 0 Å². The first-order valence-electron chi connectivity index (χ1n) is 6.55. The predicted molar refractivity (Wildman–Crippen MR) is 62.7 cm³/mol. The SMILES string of the molecule is CCC(CC)(CC1CC(=O)OC1=O)C1OCOC1=O. The maximum absolute atomic E-state index is 11.7. The number of ether oxygens (including phenoxy) is 3. The molecule has 2 aliphatic rings. The van der Waals surface area contributed by atoms with Crippen LogP contribution < -0.4 is 0 Å². The topological polar surface area (TPSA) is 78.9 Å². The molecule has 2 heterocycles. The van der Waals surface area contributed by atoms with Crippen LogP contribution in [0.4, 0.5) is 0 Å². The molecule has 0 saturated carbocycles. The number of cyclic esters (lactones) is 3. The Kier molecular flexibility index (Phi) is 3.89. The number of rotatable bonds is 5. The molecule has 2 aliphatic heterocycles. The van der Waals surface area contributed by atoms with E-state index in [9.17, 15) is 14.4 Å². The smallest absolute Gasteiger partial charge is 0.338 e. The summed E-state index contributed by atoms with van der Waals surface area (Å²) in [6, 6.07) is 0. The van der Waals surface area contributed by atoms with Gasteiger partial charge in [-0.25, -0.2) is 4.79 Å². The maximum atomic E-state index is 11.7. The van der Waals surface area contributed by atoms with Gasteiger partial charge in [-0.3, -0.25) is 9.59 Å². The molecule has 0 N–H and O–H groups in total. The zero-order valence-electron chi connectivity index (χ0n) is 11.1. The van der Waals surface area contributed by atoms with Gasteiger partial charge in [0.15, 0.2) is 12.9 Å². The van der Waals surface area contributed by atoms with Crippen molar-refractivity contribution in [2.45, 2.75) is 45.6 Å². The zero-order chi connectivity index (χ0) is 14.0. The Morgan fingerprint density at radius 1 is 1.16 bits per heavy atom. The van der Waals surface area contributed by atoms with Crippen LogP contribution in [0.3, 0.4) is 0 Å². The molecule has 6 nitrogen and oxygen atoms in total. The van der Waals surface area contributed by atoms with Crippen molar-refractivity contribution in [3.63, 3.8) is 0 Å². The van der Waals surface area contributed by atoms with E-state index >= 15 is 0 Å². The van der Waals surface area contributed by atoms with E-state index in [1.54, 1.807) is 0 Å². The quantitative estimate of drug-likeness (QED) is 0.551. The van der Waals surface area contributed by atoms with Crippen LogP contribution in [0.5, 0.6) is 0 Å². The van der Waals surface area contributed by atoms with E-state index in [1.165, 1.54) is 0 Å². The second kappa shape index (κ2) is 5.28. The van der Waals surface area contributed by atoms with Gasteiger partial charge in [-0.2, -0.15) is 0 Å². The van der Waals surface area contributed by atoms with E-state index in [1.807, 2.05) is 13.8 Å². The standard InChI is InChI=1S/C13H18O6/c1-3-13(4-2,10-12(16)18-7-17-10)6-8-5-9(14)19-11(8)15/h8,10H,3-7H2,1-2H3. The highest BCUT2D eigenvalue weighted by Crippen LogP contribution is 2.43. The fourth-order valence-corrected chi connectivity index (χ4v) is 2.92. The fraction of sp³-hybridized carbons (Fsp3) is 0.769. The summed E-state index contributed by atoms with van der Waals surface area (Å²) in [4.78, 5) is 34.5. The average Bonchev–Trinajstić information content (AvgIpc) is 2.93. The van der Waals surface area contributed by atoms with Gasteiger partial charge in [0.1, 0.15) is 0 Å². The van der Waals surface area contributed by atoms with Crippen molar-refractivity contribution in [2.75, 3.05) is 6.79 Å². The predicted octanol–water partition coefficient (Wildman–Crippen LogP) is 1.17. The first kappa shape index (κ1) is 14.0. The zero-order valence-corrected chi connectivity index (χ0v) is 11.1. The molecule has 0 aromatic heterocycles. The van der Waals surface area contributed by atoms with Crippen LogP contribution in [0.25, 0.3) is 0 Å². The minimum atomic E-state index is -0.661. The summed E-state index contributed by atoms with van der Waals surface area (Å²) < 4.78 is 14.8. The third-order valence-electron chi connectivity index (χ3n) is 4.23. The first-order valence-corrected chi connectivity index (χ1v) is 6.55. The highest BCUT2D eigenvalue weighted by atomic mass is 16.7. The second-order valence-corrected chi connectivity index (χ2v) is 5.10. The lowest BCUT2D eigenvalue weighted by atomic mass is 9.70. The number of carbonyl (C=O) groups is 3. The Morgan fingerprint density at radius 2 is 1.84 bits per heavy atom. The van der Waals surface area contributed by atoms with Crippen molar-refractivity contribution < 1.29 is 28.6 Å². The van der Waals surface area contributed by atoms with Crippen LogP contribution in [-0.2, 0) is 28.6 Å². The van der Waals surface area contributed by atoms with E-state index in [0.717, 1.165) is 0 Å². The van der Waals surface area contributed by atoms with Crippen LogP contribution in [0.2, 0.25) is 0 Å². The van der Waals surface area contributed by atoms with Gasteiger partial charge in [-0.15, -0.1) is 0 Å². The Hall–Kier alpha value is -1.43. The van der Waals surface area contributed by atoms with Gasteiger partial charge in [0.25, 0.3) is 0 Å². The molecule has 19 heavy (non-hydrogen) atoms. The molecular weight excluding hydrogens is 252 g/mol. The van der Waals surface area contributed by atoms with Gasteiger partial charge in [0.2, 0.25) is 0 Å². The van der Waals surface area contributed by atoms with Crippen molar-refractivity contribution in [3.05, 3.63) is 0 Å². The number of hydrogen-bond donors (Lipinski definition) is 0. The normalized spacial score (nSPS) is 27.6. The van der Waals surface area contributed by atoms with E-state index < -0.39 is 29.4 Å². The fourth-order valence-electron chi connectivity index (χ4n) is 2.92. The largest absolute Gasteiger partial charge is 0.436 e. The molecule has 0 amide bonds. The summed E-state index contributed by atoms with van der Waals surface area (Å²) in [5, 5.41) is 0. The molecule has 0 radical (unpaired) electrons. The lowest BCUT2D eigenvalue weighted by Crippen LogP contribution is -2.41. The monoisotopic (exact) mass is 270 g/mol. The van der Waals surface area contributed by atoms with Crippen LogP contribution >= 0.6 is 0 Å². The molecule has 0 spiro atoms. The number of hydrogen-bond acceptors (Lipinski definition) is 6. The molecule has 2 atom stereocenters. The van der Waals surface area contributed by atoms with Gasteiger partial charge in [-0.1, -0.05) is 13.8 Å². The van der Waals surface area contributed by atoms with Crippen molar-refractivity contribution >= 4 is 17.9 Å². The van der Waals surface area contributed by atoms with E-state index in [2.05, 4.69) is 4.74 Å². The van der Waals surface area contributed by atoms with Crippen molar-refractivity contribution in [2.24, 2.45) is 11.3 Å². The summed E-state index contributed by atoms with van der Waals surface area (Å²) in [5.41, 5.74) is -0.484. The average molecular weight is 270 g/mol. The number of carbonyl (C=O) groups excluding carboxylic acids is 3. The molecule has 2 saturated heterocycles. The molecule has 0 aliphatic carbocycles. The Bertz CT molecular complexity index is 398. The summed E-state index contributed by atoms with van der Waals surface area (Å²) in [6.45, 7) is 3.85. The molecule has 0 aromatic carbocycles. The summed E-state index contributed by atoms with van der Waals surface area (Å²) in [7, 11) is 0. The molecule has 0 aromatic rings. The summed E-state index contributed by atoms with van der Waals surface area (Å²) in [5.74, 6) is -1.86. The van der Waals surface area contributed by atoms with Crippen LogP contribution in [0, 0.1) is 11.3 Å². The molecular formula is C13H18O6. The van der Waals surface area contributed by atoms with Crippen molar-refractivity contribution in [3.8, 4) is 0 Å². The Labute approximate surface area is 111 Å². The molecule has 2 rings (SSSR count). The summed E-state index contributed by atoms with van der Waals surface area (Å²) >= 11 is 0. The third-order valence-corrected chi connectivity index (χ3v) is 4.23. The van der Waals surface area contributed by atoms with Gasteiger partial charge in [0, 0.05) is 5.41 Å². The van der Waals surface area contributed by atoms with Crippen molar-refractivity contribution in [1.82, 2.24) is 0 Å². The first-order chi connectivity index (χ1) is 9.02. The second-order valence-electron chi connectivity index (χ2n) is 5.10. The molecule has 2 unspecified atom stereocenters. The molecule has 0 bridgehead atoms. The minimum Gasteiger partial charge on any atom is -0.436 e. The van der Waals surface area contributed by atoms with E-state index in [4.69, 9.17) is 9.47 Å². The lowest BCUT2D eigenvalue weighted by molar-refractivity contribution is -0.154. The highest BCUT2D eigenvalue weighted by molar-refractivity contribution is 5.94. The molecule has 106 valence electrons. The Balaban J connectivity index is 2.17. The van der Waals surface area contributed by atoms with Gasteiger partial charge in [0.05, 0.1) is 12.3 Å². The van der Waals surface area contributed by atoms with Crippen LogP contribution in [0.1, 0.15) is 39.5 Å². The molecule has 6 heteroatoms. The van der Waals surface area contributed by atoms with Crippen LogP contribution in [0.15, 0.2) is 0 Å². The highest BCUT2D eigenvalue weighted by Gasteiger charge is 2.49. The van der Waals surface area contributed by atoms with E-state index in [-0.39, 0.29) is 19.2 Å². The van der Waals surface area contributed by atoms with Crippen LogP contribution in [-0.4, -0.2) is 30.8 Å². The third kappa shape index (κ3) is 2.49. The maximum Gasteiger partial charge on any atom is 0.338 e. The van der Waals surface area contributed by atoms with E-state index in [0.29, 0.717) is 19.3 Å². The Morgan fingerprint density at radius 3 is 2.26 bits per heavy atom. The molecule has 2 fully saturated rings.